The summed E-state index contributed by atoms with van der Waals surface area (Å²) in [6.45, 7) is 9.49. The third-order valence-corrected chi connectivity index (χ3v) is 8.34. The molecule has 220 valence electrons. The van der Waals surface area contributed by atoms with Gasteiger partial charge < -0.3 is 10.7 Å². The molecule has 2 nitrogen and oxygen atoms in total. The maximum absolute atomic E-state index is 5.50. The van der Waals surface area contributed by atoms with Crippen molar-refractivity contribution in [2.75, 3.05) is 5.32 Å². The van der Waals surface area contributed by atoms with Crippen molar-refractivity contribution in [3.63, 3.8) is 0 Å². The van der Waals surface area contributed by atoms with E-state index >= 15 is 0 Å². The quantitative estimate of drug-likeness (QED) is 0.154. The number of anilines is 2. The molecule has 0 aliphatic carbocycles. The zero-order valence-corrected chi connectivity index (χ0v) is 26.1. The molecule has 7 aromatic rings. The van der Waals surface area contributed by atoms with Gasteiger partial charge in [0.2, 0.25) is 0 Å². The van der Waals surface area contributed by atoms with Gasteiger partial charge in [0.25, 0.3) is 0 Å². The number of benzene rings is 7. The van der Waals surface area contributed by atoms with Crippen LogP contribution in [0.2, 0.25) is 0 Å². The standard InChI is InChI=1S/C42H35N.CH3N/c1-42(2,3)41-38-22-10-8-20-36(38)35-19-7-9-21-37(35)40(41)31-26-24-29(25-27-31)32-16-13-17-33(28-32)43-39-23-12-11-18-34(39)30-14-5-4-6-15-30;1-2/h4-28,43H,1-3H3;2H,1H2. The van der Waals surface area contributed by atoms with Gasteiger partial charge in [-0.1, -0.05) is 154 Å². The monoisotopic (exact) mass is 582 g/mol. The molecular weight excluding hydrogens is 544 g/mol. The van der Waals surface area contributed by atoms with E-state index in [1.165, 1.54) is 60.5 Å². The Balaban J connectivity index is 0.00000175. The van der Waals surface area contributed by atoms with Crippen molar-refractivity contribution < 1.29 is 0 Å². The molecule has 45 heavy (non-hydrogen) atoms. The van der Waals surface area contributed by atoms with E-state index in [1.807, 2.05) is 0 Å². The van der Waals surface area contributed by atoms with Gasteiger partial charge in [-0.2, -0.15) is 0 Å². The summed E-state index contributed by atoms with van der Waals surface area (Å²) in [7, 11) is 0. The fraction of sp³-hybridized carbons (Fsp3) is 0.0930. The average molecular weight is 583 g/mol. The second kappa shape index (κ2) is 12.6. The van der Waals surface area contributed by atoms with Crippen molar-refractivity contribution >= 4 is 39.6 Å². The van der Waals surface area contributed by atoms with Crippen molar-refractivity contribution in [3.05, 3.63) is 157 Å². The number of hydrogen-bond acceptors (Lipinski definition) is 2. The molecule has 0 heterocycles. The van der Waals surface area contributed by atoms with Crippen LogP contribution in [0.3, 0.4) is 0 Å². The summed E-state index contributed by atoms with van der Waals surface area (Å²) in [5, 5.41) is 14.4. The first kappa shape index (κ1) is 29.6. The van der Waals surface area contributed by atoms with E-state index in [9.17, 15) is 0 Å². The van der Waals surface area contributed by atoms with Crippen LogP contribution in [-0.4, -0.2) is 6.72 Å². The molecule has 0 aliphatic rings. The predicted molar refractivity (Wildman–Crippen MR) is 196 cm³/mol. The minimum atomic E-state index is -0.0202. The zero-order valence-electron chi connectivity index (χ0n) is 26.1. The second-order valence-corrected chi connectivity index (χ2v) is 12.3. The van der Waals surface area contributed by atoms with Crippen molar-refractivity contribution in [1.82, 2.24) is 0 Å². The maximum atomic E-state index is 5.50. The third-order valence-electron chi connectivity index (χ3n) is 8.34. The molecule has 0 radical (unpaired) electrons. The predicted octanol–water partition coefficient (Wildman–Crippen LogP) is 12.3. The van der Waals surface area contributed by atoms with Gasteiger partial charge in [-0.3, -0.25) is 0 Å². The highest BCUT2D eigenvalue weighted by Crippen LogP contribution is 2.44. The summed E-state index contributed by atoms with van der Waals surface area (Å²) >= 11 is 0. The lowest BCUT2D eigenvalue weighted by Gasteiger charge is -2.27. The first-order valence-corrected chi connectivity index (χ1v) is 15.4. The van der Waals surface area contributed by atoms with Gasteiger partial charge in [0, 0.05) is 16.9 Å². The lowest BCUT2D eigenvalue weighted by Crippen LogP contribution is -2.14. The van der Waals surface area contributed by atoms with Gasteiger partial charge in [-0.15, -0.1) is 0 Å². The minimum absolute atomic E-state index is 0.0202. The van der Waals surface area contributed by atoms with E-state index in [1.54, 1.807) is 0 Å². The van der Waals surface area contributed by atoms with Gasteiger partial charge in [0.15, 0.2) is 0 Å². The van der Waals surface area contributed by atoms with Gasteiger partial charge in [-0.25, -0.2) is 0 Å². The Labute approximate surface area is 266 Å². The number of fused-ring (bicyclic) bond motifs is 3. The SMILES string of the molecule is C=N.CC(C)(C)c1c(-c2ccc(-c3cccc(Nc4ccccc4-c4ccccc4)c3)cc2)c2ccccc2c2ccccc12. The minimum Gasteiger partial charge on any atom is -0.355 e. The first-order valence-electron chi connectivity index (χ1n) is 15.4. The summed E-state index contributed by atoms with van der Waals surface area (Å²) in [4.78, 5) is 0. The van der Waals surface area contributed by atoms with Crippen LogP contribution in [0.25, 0.3) is 54.9 Å². The molecule has 0 aliphatic heterocycles. The smallest absolute Gasteiger partial charge is 0.0463 e. The van der Waals surface area contributed by atoms with Crippen LogP contribution in [0, 0.1) is 5.41 Å². The average Bonchev–Trinajstić information content (AvgIpc) is 3.09. The second-order valence-electron chi connectivity index (χ2n) is 12.3. The van der Waals surface area contributed by atoms with Crippen molar-refractivity contribution in [3.8, 4) is 33.4 Å². The van der Waals surface area contributed by atoms with Crippen LogP contribution in [0.15, 0.2) is 152 Å². The van der Waals surface area contributed by atoms with E-state index in [0.29, 0.717) is 0 Å². The molecule has 0 aromatic heterocycles. The number of hydrogen-bond donors (Lipinski definition) is 2. The summed E-state index contributed by atoms with van der Waals surface area (Å²) in [5.41, 5.74) is 10.9. The molecular formula is C43H38N2. The third kappa shape index (κ3) is 5.88. The maximum Gasteiger partial charge on any atom is 0.0463 e. The summed E-state index contributed by atoms with van der Waals surface area (Å²) in [6.07, 6.45) is 0. The van der Waals surface area contributed by atoms with Gasteiger partial charge in [0.05, 0.1) is 0 Å². The van der Waals surface area contributed by atoms with E-state index < -0.39 is 0 Å². The molecule has 2 heteroatoms. The van der Waals surface area contributed by atoms with Crippen molar-refractivity contribution in [1.29, 1.82) is 5.41 Å². The van der Waals surface area contributed by atoms with Gasteiger partial charge in [-0.05, 0) is 85.3 Å². The molecule has 0 amide bonds. The molecule has 2 N–H and O–H groups in total. The highest BCUT2D eigenvalue weighted by atomic mass is 14.9. The molecule has 0 unspecified atom stereocenters. The molecule has 0 atom stereocenters. The number of rotatable bonds is 5. The van der Waals surface area contributed by atoms with Gasteiger partial charge >= 0.3 is 0 Å². The first-order chi connectivity index (χ1) is 22.0. The summed E-state index contributed by atoms with van der Waals surface area (Å²) in [5.74, 6) is 0. The lowest BCUT2D eigenvalue weighted by molar-refractivity contribution is 0.598. The highest BCUT2D eigenvalue weighted by Gasteiger charge is 2.24. The number of nitrogens with one attached hydrogen (secondary N) is 2. The molecule has 0 bridgehead atoms. The largest absolute Gasteiger partial charge is 0.355 e. The van der Waals surface area contributed by atoms with Crippen LogP contribution >= 0.6 is 0 Å². The zero-order chi connectivity index (χ0) is 31.4. The van der Waals surface area contributed by atoms with Crippen molar-refractivity contribution in [2.45, 2.75) is 26.2 Å². The summed E-state index contributed by atoms with van der Waals surface area (Å²) in [6, 6.07) is 54.6. The van der Waals surface area contributed by atoms with E-state index in [0.717, 1.165) is 11.4 Å². The molecule has 0 fully saturated rings. The fourth-order valence-electron chi connectivity index (χ4n) is 6.44. The fourth-order valence-corrected chi connectivity index (χ4v) is 6.44. The Morgan fingerprint density at radius 1 is 0.467 bits per heavy atom. The molecule has 0 saturated heterocycles. The Morgan fingerprint density at radius 2 is 1.00 bits per heavy atom. The lowest BCUT2D eigenvalue weighted by atomic mass is 9.76. The Kier molecular flexibility index (Phi) is 8.31. The van der Waals surface area contributed by atoms with Crippen LogP contribution in [-0.2, 0) is 5.41 Å². The van der Waals surface area contributed by atoms with E-state index in [4.69, 9.17) is 5.41 Å². The topological polar surface area (TPSA) is 35.9 Å². The molecule has 0 spiro atoms. The Morgan fingerprint density at radius 3 is 1.69 bits per heavy atom. The number of para-hydroxylation sites is 1. The normalized spacial score (nSPS) is 11.2. The molecule has 0 saturated carbocycles. The van der Waals surface area contributed by atoms with Crippen molar-refractivity contribution in [2.24, 2.45) is 0 Å². The van der Waals surface area contributed by atoms with Crippen LogP contribution in [0.4, 0.5) is 11.4 Å². The van der Waals surface area contributed by atoms with Crippen LogP contribution < -0.4 is 5.32 Å². The molecule has 7 aromatic carbocycles. The van der Waals surface area contributed by atoms with E-state index in [2.05, 4.69) is 184 Å². The molecule has 7 rings (SSSR count). The summed E-state index contributed by atoms with van der Waals surface area (Å²) < 4.78 is 0. The Bertz CT molecular complexity index is 2080. The van der Waals surface area contributed by atoms with Crippen LogP contribution in [0.1, 0.15) is 26.3 Å². The van der Waals surface area contributed by atoms with Crippen LogP contribution in [0.5, 0.6) is 0 Å². The van der Waals surface area contributed by atoms with E-state index in [-0.39, 0.29) is 5.41 Å². The highest BCUT2D eigenvalue weighted by molar-refractivity contribution is 6.16. The van der Waals surface area contributed by atoms with Gasteiger partial charge in [0.1, 0.15) is 0 Å². The Hall–Kier alpha value is -5.47.